The number of carbonyl (C=O) groups excluding carboxylic acids is 2. The summed E-state index contributed by atoms with van der Waals surface area (Å²) in [7, 11) is 3.71. The summed E-state index contributed by atoms with van der Waals surface area (Å²) in [5.74, 6) is -0.417. The fraction of sp³-hybridized carbons (Fsp3) is 0.286. The van der Waals surface area contributed by atoms with Crippen molar-refractivity contribution in [2.24, 2.45) is 0 Å². The molecular weight excluding hydrogens is 462 g/mol. The molecule has 3 aromatic rings. The molecule has 7 heteroatoms. The van der Waals surface area contributed by atoms with Gasteiger partial charge in [0.25, 0.3) is 5.91 Å². The molecule has 6 nitrogen and oxygen atoms in total. The molecular formula is C28H30ClN3O3. The van der Waals surface area contributed by atoms with Crippen molar-refractivity contribution < 1.29 is 14.3 Å². The van der Waals surface area contributed by atoms with E-state index in [-0.39, 0.29) is 18.4 Å². The van der Waals surface area contributed by atoms with Gasteiger partial charge in [-0.2, -0.15) is 0 Å². The Balaban J connectivity index is 1.64. The van der Waals surface area contributed by atoms with Crippen LogP contribution in [0.25, 0.3) is 0 Å². The van der Waals surface area contributed by atoms with E-state index in [1.54, 1.807) is 24.1 Å². The van der Waals surface area contributed by atoms with Crippen molar-refractivity contribution in [3.05, 3.63) is 88.4 Å². The number of fused-ring (bicyclic) bond motifs is 1. The number of hydrogen-bond acceptors (Lipinski definition) is 5. The van der Waals surface area contributed by atoms with Gasteiger partial charge in [-0.05, 0) is 80.9 Å². The molecule has 1 heterocycles. The predicted octanol–water partition coefficient (Wildman–Crippen LogP) is 5.66. The minimum absolute atomic E-state index is 0.0813. The zero-order chi connectivity index (χ0) is 24.9. The van der Waals surface area contributed by atoms with E-state index >= 15 is 0 Å². The number of esters is 1. The first-order valence-electron chi connectivity index (χ1n) is 11.7. The molecule has 1 amide bonds. The summed E-state index contributed by atoms with van der Waals surface area (Å²) in [6.07, 6.45) is 0.862. The van der Waals surface area contributed by atoms with E-state index in [2.05, 4.69) is 10.2 Å². The topological polar surface area (TPSA) is 61.9 Å². The van der Waals surface area contributed by atoms with Crippen LogP contribution >= 0.6 is 11.6 Å². The monoisotopic (exact) mass is 491 g/mol. The molecule has 1 N–H and O–H groups in total. The standard InChI is InChI=1S/C28H30ClN3O3/c1-19-16-22(31(3)21-8-5-4-6-9-21)12-13-23(19)28(34)32-15-7-10-26(35-27(33)18-30-2)24-17-20(29)11-14-25(24)32/h4-6,8-9,11-14,16-17,26,30H,7,10,15,18H2,1-3H3. The van der Waals surface area contributed by atoms with E-state index in [0.29, 0.717) is 30.0 Å². The zero-order valence-electron chi connectivity index (χ0n) is 20.3. The van der Waals surface area contributed by atoms with Gasteiger partial charge in [0.05, 0.1) is 12.2 Å². The van der Waals surface area contributed by atoms with Gasteiger partial charge in [0.2, 0.25) is 0 Å². The Hall–Kier alpha value is -3.35. The second-order valence-electron chi connectivity index (χ2n) is 8.70. The van der Waals surface area contributed by atoms with Gasteiger partial charge in [-0.25, -0.2) is 0 Å². The lowest BCUT2D eigenvalue weighted by atomic mass is 10.0. The van der Waals surface area contributed by atoms with Crippen molar-refractivity contribution in [3.8, 4) is 0 Å². The minimum Gasteiger partial charge on any atom is -0.456 e. The van der Waals surface area contributed by atoms with E-state index in [9.17, 15) is 9.59 Å². The quantitative estimate of drug-likeness (QED) is 0.451. The maximum atomic E-state index is 13.8. The number of nitrogens with one attached hydrogen (secondary N) is 1. The van der Waals surface area contributed by atoms with Gasteiger partial charge in [0, 0.05) is 41.1 Å². The number of hydrogen-bond donors (Lipinski definition) is 1. The summed E-state index contributed by atoms with van der Waals surface area (Å²) in [4.78, 5) is 29.8. The molecule has 0 saturated heterocycles. The highest BCUT2D eigenvalue weighted by Gasteiger charge is 2.30. The molecule has 1 aliphatic rings. The maximum Gasteiger partial charge on any atom is 0.320 e. The van der Waals surface area contributed by atoms with E-state index in [1.807, 2.05) is 68.6 Å². The number of para-hydroxylation sites is 1. The van der Waals surface area contributed by atoms with Crippen LogP contribution in [-0.2, 0) is 9.53 Å². The minimum atomic E-state index is -0.453. The van der Waals surface area contributed by atoms with Crippen molar-refractivity contribution >= 4 is 40.5 Å². The molecule has 0 saturated carbocycles. The first-order chi connectivity index (χ1) is 16.9. The Bertz CT molecular complexity index is 1220. The number of likely N-dealkylation sites (N-methyl/N-ethyl adjacent to an activating group) is 1. The van der Waals surface area contributed by atoms with Crippen LogP contribution in [0.4, 0.5) is 17.1 Å². The zero-order valence-corrected chi connectivity index (χ0v) is 21.0. The summed E-state index contributed by atoms with van der Waals surface area (Å²) >= 11 is 6.30. The number of aryl methyl sites for hydroxylation is 1. The summed E-state index contributed by atoms with van der Waals surface area (Å²) in [5, 5.41) is 3.36. The molecule has 1 unspecified atom stereocenters. The van der Waals surface area contributed by atoms with Crippen LogP contribution in [-0.4, -0.2) is 39.1 Å². The SMILES string of the molecule is CNCC(=O)OC1CCCN(C(=O)c2ccc(N(C)c3ccccc3)cc2C)c2ccc(Cl)cc21. The van der Waals surface area contributed by atoms with Crippen LogP contribution in [0, 0.1) is 6.92 Å². The second kappa shape index (κ2) is 10.9. The lowest BCUT2D eigenvalue weighted by molar-refractivity contribution is -0.148. The highest BCUT2D eigenvalue weighted by Crippen LogP contribution is 2.38. The molecule has 0 fully saturated rings. The van der Waals surface area contributed by atoms with Crippen molar-refractivity contribution in [1.29, 1.82) is 0 Å². The Morgan fingerprint density at radius 2 is 1.86 bits per heavy atom. The van der Waals surface area contributed by atoms with Crippen LogP contribution in [0.15, 0.2) is 66.7 Å². The Kier molecular flexibility index (Phi) is 7.73. The van der Waals surface area contributed by atoms with Gasteiger partial charge in [-0.15, -0.1) is 0 Å². The first-order valence-corrected chi connectivity index (χ1v) is 12.1. The average Bonchev–Trinajstić information content (AvgIpc) is 3.03. The molecule has 35 heavy (non-hydrogen) atoms. The number of benzene rings is 3. The molecule has 182 valence electrons. The number of amides is 1. The molecule has 0 bridgehead atoms. The third kappa shape index (κ3) is 5.50. The van der Waals surface area contributed by atoms with Crippen LogP contribution in [0.2, 0.25) is 5.02 Å². The fourth-order valence-corrected chi connectivity index (χ4v) is 4.64. The first kappa shape index (κ1) is 24.8. The molecule has 0 spiro atoms. The Labute approximate surface area is 211 Å². The summed E-state index contributed by atoms with van der Waals surface area (Å²) in [6.45, 7) is 2.61. The van der Waals surface area contributed by atoms with Crippen LogP contribution in [0.5, 0.6) is 0 Å². The average molecular weight is 492 g/mol. The van der Waals surface area contributed by atoms with E-state index in [4.69, 9.17) is 16.3 Å². The molecule has 1 aliphatic heterocycles. The summed E-state index contributed by atoms with van der Waals surface area (Å²) in [5.41, 5.74) is 5.09. The Morgan fingerprint density at radius 3 is 2.57 bits per heavy atom. The van der Waals surface area contributed by atoms with Gasteiger partial charge < -0.3 is 19.9 Å². The van der Waals surface area contributed by atoms with Crippen LogP contribution in [0.3, 0.4) is 0 Å². The second-order valence-corrected chi connectivity index (χ2v) is 9.14. The molecule has 3 aromatic carbocycles. The third-order valence-electron chi connectivity index (χ3n) is 6.29. The number of ether oxygens (including phenoxy) is 1. The number of halogens is 1. The van der Waals surface area contributed by atoms with Crippen molar-refractivity contribution in [1.82, 2.24) is 5.32 Å². The molecule has 1 atom stereocenters. The fourth-order valence-electron chi connectivity index (χ4n) is 4.46. The molecule has 0 radical (unpaired) electrons. The van der Waals surface area contributed by atoms with E-state index in [1.165, 1.54) is 0 Å². The summed E-state index contributed by atoms with van der Waals surface area (Å²) < 4.78 is 5.73. The van der Waals surface area contributed by atoms with Crippen molar-refractivity contribution in [2.75, 3.05) is 37.0 Å². The van der Waals surface area contributed by atoms with Gasteiger partial charge in [-0.3, -0.25) is 9.59 Å². The molecule has 0 aromatic heterocycles. The van der Waals surface area contributed by atoms with Gasteiger partial charge in [-0.1, -0.05) is 29.8 Å². The van der Waals surface area contributed by atoms with E-state index in [0.717, 1.165) is 28.2 Å². The van der Waals surface area contributed by atoms with E-state index < -0.39 is 6.10 Å². The smallest absolute Gasteiger partial charge is 0.320 e. The third-order valence-corrected chi connectivity index (χ3v) is 6.52. The van der Waals surface area contributed by atoms with Crippen molar-refractivity contribution in [2.45, 2.75) is 25.9 Å². The van der Waals surface area contributed by atoms with Crippen molar-refractivity contribution in [3.63, 3.8) is 0 Å². The predicted molar refractivity (Wildman–Crippen MR) is 141 cm³/mol. The van der Waals surface area contributed by atoms with Gasteiger partial charge in [0.15, 0.2) is 0 Å². The highest BCUT2D eigenvalue weighted by atomic mass is 35.5. The summed E-state index contributed by atoms with van der Waals surface area (Å²) in [6, 6.07) is 21.4. The van der Waals surface area contributed by atoms with Gasteiger partial charge in [0.1, 0.15) is 6.10 Å². The lowest BCUT2D eigenvalue weighted by Gasteiger charge is -2.26. The Morgan fingerprint density at radius 1 is 1.09 bits per heavy atom. The van der Waals surface area contributed by atoms with Crippen LogP contribution in [0.1, 0.15) is 40.4 Å². The van der Waals surface area contributed by atoms with Gasteiger partial charge >= 0.3 is 5.97 Å². The maximum absolute atomic E-state index is 13.8. The normalized spacial score (nSPS) is 15.2. The number of rotatable bonds is 6. The van der Waals surface area contributed by atoms with Crippen LogP contribution < -0.4 is 15.1 Å². The number of nitrogens with zero attached hydrogens (tertiary/aromatic N) is 2. The number of anilines is 3. The molecule has 0 aliphatic carbocycles. The lowest BCUT2D eigenvalue weighted by Crippen LogP contribution is -2.32. The largest absolute Gasteiger partial charge is 0.456 e. The highest BCUT2D eigenvalue weighted by molar-refractivity contribution is 6.30. The molecule has 4 rings (SSSR count). The number of carbonyl (C=O) groups is 2.